The first-order chi connectivity index (χ1) is 17.9. The van der Waals surface area contributed by atoms with Gasteiger partial charge in [-0.3, -0.25) is 9.59 Å². The third kappa shape index (κ3) is 3.52. The van der Waals surface area contributed by atoms with Crippen LogP contribution in [0, 0.1) is 28.6 Å². The third-order valence-electron chi connectivity index (χ3n) is 9.83. The summed E-state index contributed by atoms with van der Waals surface area (Å²) in [5.41, 5.74) is -7.70. The van der Waals surface area contributed by atoms with Crippen LogP contribution in [-0.4, -0.2) is 45.5 Å². The van der Waals surface area contributed by atoms with Gasteiger partial charge in [-0.05, 0) is 62.0 Å². The number of aliphatic hydroxyl groups is 1. The van der Waals surface area contributed by atoms with Gasteiger partial charge >= 0.3 is 12.1 Å². The highest BCUT2D eigenvalue weighted by Crippen LogP contribution is 2.71. The summed E-state index contributed by atoms with van der Waals surface area (Å²) >= 11 is 4.00. The fraction of sp³-hybridized carbons (Fsp3) is 0.593. The molecule has 212 valence electrons. The number of carbonyl (C=O) groups excluding carboxylic acids is 3. The number of thiol groups is 1. The summed E-state index contributed by atoms with van der Waals surface area (Å²) in [5.74, 6) is -6.85. The van der Waals surface area contributed by atoms with Gasteiger partial charge in [-0.1, -0.05) is 19.9 Å². The van der Waals surface area contributed by atoms with Crippen LogP contribution in [0.5, 0.6) is 0 Å². The second-order valence-electron chi connectivity index (χ2n) is 11.6. The van der Waals surface area contributed by atoms with E-state index in [1.807, 2.05) is 0 Å². The molecule has 5 rings (SSSR count). The van der Waals surface area contributed by atoms with Gasteiger partial charge < -0.3 is 14.3 Å². The molecule has 4 aliphatic rings. The molecule has 1 N–H and O–H groups in total. The minimum Gasteiger partial charge on any atom is -0.444 e. The molecule has 39 heavy (non-hydrogen) atoms. The van der Waals surface area contributed by atoms with Crippen molar-refractivity contribution >= 4 is 29.5 Å². The fourth-order valence-electron chi connectivity index (χ4n) is 8.04. The zero-order valence-corrected chi connectivity index (χ0v) is 22.1. The predicted molar refractivity (Wildman–Crippen MR) is 129 cm³/mol. The molecule has 0 radical (unpaired) electrons. The lowest BCUT2D eigenvalue weighted by Crippen LogP contribution is -2.70. The molecule has 1 aromatic rings. The standard InChI is InChI=1S/C27H27F5O6S/c1-12-8-14-15-10-17(28)16-9-13(33)6-7-23(16,2)25(15,29)19(34)11-24(14,3)26(12,22(36)39)38-21(35)18-4-5-20(37-18)27(30,31)32/h4-7,9,12,14-15,17,19,34H,8,10-11H2,1-3H3,(H,36,39)/t12-,14+,15+,17+,19+,23+,24+,25+,26+/m1/s1. The van der Waals surface area contributed by atoms with Crippen molar-refractivity contribution in [1.29, 1.82) is 0 Å². The summed E-state index contributed by atoms with van der Waals surface area (Å²) in [6.45, 7) is 4.51. The Balaban J connectivity index is 1.58. The summed E-state index contributed by atoms with van der Waals surface area (Å²) < 4.78 is 82.3. The zero-order chi connectivity index (χ0) is 28.9. The van der Waals surface area contributed by atoms with E-state index in [1.165, 1.54) is 19.9 Å². The van der Waals surface area contributed by atoms with Crippen LogP contribution in [0.25, 0.3) is 0 Å². The Bertz CT molecular complexity index is 1320. The number of ketones is 1. The van der Waals surface area contributed by atoms with Crippen LogP contribution in [0.3, 0.4) is 0 Å². The van der Waals surface area contributed by atoms with Crippen LogP contribution in [0.1, 0.15) is 56.3 Å². The van der Waals surface area contributed by atoms with Crippen molar-refractivity contribution < 1.29 is 50.6 Å². The lowest BCUT2D eigenvalue weighted by atomic mass is 9.44. The van der Waals surface area contributed by atoms with Gasteiger partial charge in [0.1, 0.15) is 6.17 Å². The minimum absolute atomic E-state index is 0.0660. The van der Waals surface area contributed by atoms with Gasteiger partial charge in [-0.25, -0.2) is 13.6 Å². The van der Waals surface area contributed by atoms with Gasteiger partial charge in [0.25, 0.3) is 0 Å². The smallest absolute Gasteiger partial charge is 0.444 e. The number of alkyl halides is 5. The highest BCUT2D eigenvalue weighted by Gasteiger charge is 2.78. The van der Waals surface area contributed by atoms with Crippen LogP contribution in [-0.2, 0) is 20.5 Å². The summed E-state index contributed by atoms with van der Waals surface area (Å²) in [6.07, 6.45) is -5.59. The average molecular weight is 575 g/mol. The molecule has 3 fully saturated rings. The Morgan fingerprint density at radius 1 is 1.18 bits per heavy atom. The maximum absolute atomic E-state index is 17.3. The molecule has 6 nitrogen and oxygen atoms in total. The third-order valence-corrected chi connectivity index (χ3v) is 10.2. The number of hydrogen-bond acceptors (Lipinski definition) is 6. The molecule has 0 saturated heterocycles. The Morgan fingerprint density at radius 3 is 2.44 bits per heavy atom. The second kappa shape index (κ2) is 8.52. The van der Waals surface area contributed by atoms with E-state index in [4.69, 9.17) is 4.74 Å². The van der Waals surface area contributed by atoms with Crippen molar-refractivity contribution in [2.45, 2.75) is 69.8 Å². The molecular weight excluding hydrogens is 547 g/mol. The van der Waals surface area contributed by atoms with Crippen molar-refractivity contribution in [2.24, 2.45) is 28.6 Å². The maximum Gasteiger partial charge on any atom is 0.449 e. The van der Waals surface area contributed by atoms with E-state index in [2.05, 4.69) is 17.0 Å². The lowest BCUT2D eigenvalue weighted by molar-refractivity contribution is -0.221. The maximum atomic E-state index is 17.3. The van der Waals surface area contributed by atoms with Crippen molar-refractivity contribution in [2.75, 3.05) is 0 Å². The number of allylic oxidation sites excluding steroid dienone is 4. The first-order valence-corrected chi connectivity index (χ1v) is 13.0. The Labute approximate surface area is 226 Å². The topological polar surface area (TPSA) is 93.8 Å². The highest BCUT2D eigenvalue weighted by atomic mass is 32.1. The molecule has 0 spiro atoms. The summed E-state index contributed by atoms with van der Waals surface area (Å²) in [6, 6.07) is 1.32. The number of hydrogen-bond donors (Lipinski definition) is 2. The second-order valence-corrected chi connectivity index (χ2v) is 12.0. The number of furan rings is 1. The number of fused-ring (bicyclic) bond motifs is 5. The molecule has 0 amide bonds. The fourth-order valence-corrected chi connectivity index (χ4v) is 8.56. The zero-order valence-electron chi connectivity index (χ0n) is 21.2. The molecular formula is C27H27F5O6S. The number of halogens is 5. The molecule has 0 unspecified atom stereocenters. The van der Waals surface area contributed by atoms with Gasteiger partial charge in [0, 0.05) is 22.7 Å². The van der Waals surface area contributed by atoms with Crippen LogP contribution in [0.4, 0.5) is 22.0 Å². The highest BCUT2D eigenvalue weighted by molar-refractivity contribution is 7.96. The van der Waals surface area contributed by atoms with Crippen molar-refractivity contribution in [3.05, 3.63) is 47.5 Å². The van der Waals surface area contributed by atoms with Crippen LogP contribution < -0.4 is 0 Å². The van der Waals surface area contributed by atoms with Crippen molar-refractivity contribution in [3.8, 4) is 0 Å². The molecule has 9 atom stereocenters. The largest absolute Gasteiger partial charge is 0.449 e. The Morgan fingerprint density at radius 2 is 1.85 bits per heavy atom. The molecule has 1 heterocycles. The first-order valence-electron chi connectivity index (χ1n) is 12.5. The average Bonchev–Trinajstić information content (AvgIpc) is 3.41. The molecule has 0 bridgehead atoms. The number of ether oxygens (including phenoxy) is 1. The number of esters is 1. The van der Waals surface area contributed by atoms with Crippen LogP contribution >= 0.6 is 12.6 Å². The Kier molecular flexibility index (Phi) is 6.13. The summed E-state index contributed by atoms with van der Waals surface area (Å²) in [7, 11) is 0. The van der Waals surface area contributed by atoms with E-state index in [-0.39, 0.29) is 18.4 Å². The first kappa shape index (κ1) is 28.1. The van der Waals surface area contributed by atoms with E-state index in [0.717, 1.165) is 18.2 Å². The molecule has 0 aromatic carbocycles. The van der Waals surface area contributed by atoms with Crippen LogP contribution in [0.15, 0.2) is 40.4 Å². The summed E-state index contributed by atoms with van der Waals surface area (Å²) in [5, 5.41) is 10.5. The molecule has 1 aromatic heterocycles. The lowest BCUT2D eigenvalue weighted by Gasteiger charge is -2.63. The van der Waals surface area contributed by atoms with Crippen molar-refractivity contribution in [3.63, 3.8) is 0 Å². The van der Waals surface area contributed by atoms with Crippen molar-refractivity contribution in [1.82, 2.24) is 0 Å². The van der Waals surface area contributed by atoms with E-state index in [1.54, 1.807) is 6.92 Å². The molecule has 12 heteroatoms. The number of rotatable bonds is 3. The monoisotopic (exact) mass is 574 g/mol. The van der Waals surface area contributed by atoms with E-state index in [0.29, 0.717) is 6.07 Å². The quantitative estimate of drug-likeness (QED) is 0.292. The van der Waals surface area contributed by atoms with E-state index in [9.17, 15) is 32.7 Å². The molecule has 0 aliphatic heterocycles. The summed E-state index contributed by atoms with van der Waals surface area (Å²) in [4.78, 5) is 38.2. The molecule has 4 aliphatic carbocycles. The Hall–Kier alpha value is -2.47. The molecule has 3 saturated carbocycles. The van der Waals surface area contributed by atoms with Gasteiger partial charge in [-0.2, -0.15) is 13.2 Å². The van der Waals surface area contributed by atoms with Gasteiger partial charge in [0.2, 0.25) is 16.6 Å². The normalized spacial score (nSPS) is 43.3. The van der Waals surface area contributed by atoms with Crippen LogP contribution in [0.2, 0.25) is 0 Å². The van der Waals surface area contributed by atoms with E-state index < -0.39 is 93.1 Å². The predicted octanol–water partition coefficient (Wildman–Crippen LogP) is 5.22. The number of carbonyl (C=O) groups is 3. The van der Waals surface area contributed by atoms with E-state index >= 15 is 8.78 Å². The van der Waals surface area contributed by atoms with Gasteiger partial charge in [-0.15, -0.1) is 12.6 Å². The minimum atomic E-state index is -4.86. The number of aliphatic hydroxyl groups excluding tert-OH is 1. The van der Waals surface area contributed by atoms with Gasteiger partial charge in [0.05, 0.1) is 6.10 Å². The van der Waals surface area contributed by atoms with Gasteiger partial charge in [0.15, 0.2) is 17.1 Å². The SMILES string of the molecule is C[C@@H]1C[C@H]2[C@@H]3C[C@H](F)C4=CC(=O)C=C[C@]4(C)[C@@]3(F)[C@@H](O)C[C@]2(C)[C@@]1(OC(=O)c1ccc(C(F)(F)F)o1)C(=O)S.